The number of nitriles is 1. The number of nitrogens with one attached hydrogen (secondary N) is 1. The minimum absolute atomic E-state index is 0.0777. The molecular weight excluding hydrogens is 424 g/mol. The highest BCUT2D eigenvalue weighted by Gasteiger charge is 2.49. The van der Waals surface area contributed by atoms with E-state index in [1.165, 1.54) is 25.7 Å². The molecule has 7 nitrogen and oxygen atoms in total. The second kappa shape index (κ2) is 7.45. The van der Waals surface area contributed by atoms with Crippen molar-refractivity contribution >= 4 is 34.1 Å². The monoisotopic (exact) mass is 448 g/mol. The van der Waals surface area contributed by atoms with E-state index in [-0.39, 0.29) is 5.60 Å². The van der Waals surface area contributed by atoms with Crippen LogP contribution in [0.3, 0.4) is 0 Å². The summed E-state index contributed by atoms with van der Waals surface area (Å²) in [7, 11) is 0. The van der Waals surface area contributed by atoms with Crippen LogP contribution in [0.15, 0.2) is 36.8 Å². The highest BCUT2D eigenvalue weighted by atomic mass is 35.5. The van der Waals surface area contributed by atoms with Crippen molar-refractivity contribution in [3.05, 3.63) is 47.4 Å². The number of rotatable bonds is 5. The minimum Gasteiger partial charge on any atom is -0.338 e. The Hall–Kier alpha value is -2.66. The summed E-state index contributed by atoms with van der Waals surface area (Å²) in [6, 6.07) is 10.7. The van der Waals surface area contributed by atoms with Gasteiger partial charge in [-0.2, -0.15) is 10.3 Å². The molecule has 6 rings (SSSR count). The molecule has 2 aromatic heterocycles. The molecule has 0 spiro atoms. The molecule has 164 valence electrons. The third-order valence-corrected chi connectivity index (χ3v) is 7.49. The largest absolute Gasteiger partial charge is 0.338 e. The maximum absolute atomic E-state index is 9.06. The summed E-state index contributed by atoms with van der Waals surface area (Å²) in [6.07, 6.45) is 10.6. The predicted octanol–water partition coefficient (Wildman–Crippen LogP) is 5.35. The van der Waals surface area contributed by atoms with E-state index in [0.717, 1.165) is 29.6 Å². The van der Waals surface area contributed by atoms with E-state index in [2.05, 4.69) is 50.2 Å². The van der Waals surface area contributed by atoms with Crippen molar-refractivity contribution in [1.29, 1.82) is 5.26 Å². The zero-order valence-corrected chi connectivity index (χ0v) is 18.7. The maximum atomic E-state index is 9.06. The zero-order valence-electron chi connectivity index (χ0n) is 18.0. The van der Waals surface area contributed by atoms with Crippen molar-refractivity contribution in [2.45, 2.75) is 69.2 Å². The van der Waals surface area contributed by atoms with Crippen molar-refractivity contribution in [3.63, 3.8) is 0 Å². The van der Waals surface area contributed by atoms with Gasteiger partial charge in [-0.15, -0.1) is 0 Å². The van der Waals surface area contributed by atoms with Gasteiger partial charge in [0.15, 0.2) is 0 Å². The van der Waals surface area contributed by atoms with Crippen LogP contribution in [-0.4, -0.2) is 37.3 Å². The van der Waals surface area contributed by atoms with Crippen molar-refractivity contribution in [2.24, 2.45) is 0 Å². The fourth-order valence-electron chi connectivity index (χ4n) is 5.18. The summed E-state index contributed by atoms with van der Waals surface area (Å²) in [4.78, 5) is 15.5. The van der Waals surface area contributed by atoms with E-state index in [9.17, 15) is 0 Å². The molecular formula is C24H25ClN6O. The number of piperidine rings is 1. The second-order valence-electron chi connectivity index (χ2n) is 9.53. The fraction of sp³-hybridized carbons (Fsp3) is 0.458. The first-order chi connectivity index (χ1) is 15.5. The lowest BCUT2D eigenvalue weighted by Gasteiger charge is -2.40. The summed E-state index contributed by atoms with van der Waals surface area (Å²) in [5.74, 6) is 0.714. The molecule has 2 atom stereocenters. The molecule has 1 aliphatic carbocycles. The maximum Gasteiger partial charge on any atom is 0.145 e. The number of hydroxylamine groups is 2. The van der Waals surface area contributed by atoms with Gasteiger partial charge >= 0.3 is 0 Å². The van der Waals surface area contributed by atoms with Gasteiger partial charge in [-0.3, -0.25) is 4.84 Å². The summed E-state index contributed by atoms with van der Waals surface area (Å²) < 4.78 is 2.31. The Bertz CT molecular complexity index is 1210. The standard InChI is InChI=1S/C24H25ClN6O/c1-24(7-8-24)32-31-16-3-4-17(31)12-18(11-16)30-9-6-19-22(27-14-28-23(19)30)29-21-5-2-15(13-26)10-20(21)25/h2,5-6,9-10,14,16-18H,3-4,7-8,11-12H2,1H3,(H,27,28,29)/t16-,17-/m0/s1. The van der Waals surface area contributed by atoms with Crippen LogP contribution in [-0.2, 0) is 4.84 Å². The van der Waals surface area contributed by atoms with Crippen molar-refractivity contribution < 1.29 is 4.84 Å². The van der Waals surface area contributed by atoms with E-state index < -0.39 is 0 Å². The smallest absolute Gasteiger partial charge is 0.145 e. The molecule has 0 radical (unpaired) electrons. The first-order valence-corrected chi connectivity index (χ1v) is 11.7. The first kappa shape index (κ1) is 20.0. The van der Waals surface area contributed by atoms with Crippen molar-refractivity contribution in [2.75, 3.05) is 5.32 Å². The average Bonchev–Trinajstić information content (AvgIpc) is 3.28. The van der Waals surface area contributed by atoms with Crippen LogP contribution in [0.5, 0.6) is 0 Å². The number of aromatic nitrogens is 3. The van der Waals surface area contributed by atoms with Crippen LogP contribution in [0.2, 0.25) is 5.02 Å². The number of fused-ring (bicyclic) bond motifs is 3. The quantitative estimate of drug-likeness (QED) is 0.566. The van der Waals surface area contributed by atoms with E-state index in [0.29, 0.717) is 34.5 Å². The number of halogens is 1. The normalized spacial score (nSPS) is 26.2. The van der Waals surface area contributed by atoms with Crippen LogP contribution < -0.4 is 5.32 Å². The Labute approximate surface area is 191 Å². The molecule has 2 saturated heterocycles. The topological polar surface area (TPSA) is 79.0 Å². The Kier molecular flexibility index (Phi) is 4.65. The van der Waals surface area contributed by atoms with E-state index in [4.69, 9.17) is 21.7 Å². The van der Waals surface area contributed by atoms with Crippen LogP contribution in [0.25, 0.3) is 11.0 Å². The van der Waals surface area contributed by atoms with E-state index >= 15 is 0 Å². The summed E-state index contributed by atoms with van der Waals surface area (Å²) in [5.41, 5.74) is 2.25. The van der Waals surface area contributed by atoms with E-state index in [1.54, 1.807) is 24.5 Å². The van der Waals surface area contributed by atoms with Gasteiger partial charge in [0.25, 0.3) is 0 Å². The Balaban J connectivity index is 1.26. The van der Waals surface area contributed by atoms with Gasteiger partial charge in [0, 0.05) is 24.3 Å². The summed E-state index contributed by atoms with van der Waals surface area (Å²) in [6.45, 7) is 2.23. The number of hydrogen-bond donors (Lipinski definition) is 1. The summed E-state index contributed by atoms with van der Waals surface area (Å²) >= 11 is 6.36. The van der Waals surface area contributed by atoms with Crippen LogP contribution in [0.1, 0.15) is 57.1 Å². The Morgan fingerprint density at radius 2 is 1.94 bits per heavy atom. The lowest BCUT2D eigenvalue weighted by Crippen LogP contribution is -2.45. The Morgan fingerprint density at radius 3 is 2.62 bits per heavy atom. The molecule has 1 aromatic carbocycles. The zero-order chi connectivity index (χ0) is 21.9. The van der Waals surface area contributed by atoms with Gasteiger partial charge in [0.2, 0.25) is 0 Å². The van der Waals surface area contributed by atoms with E-state index in [1.807, 2.05) is 0 Å². The number of nitrogens with zero attached hydrogens (tertiary/aromatic N) is 5. The van der Waals surface area contributed by atoms with Crippen molar-refractivity contribution in [1.82, 2.24) is 19.6 Å². The molecule has 3 aliphatic rings. The minimum atomic E-state index is 0.0777. The number of anilines is 2. The molecule has 0 amide bonds. The van der Waals surface area contributed by atoms with Crippen LogP contribution >= 0.6 is 11.6 Å². The van der Waals surface area contributed by atoms with Gasteiger partial charge in [-0.25, -0.2) is 9.97 Å². The highest BCUT2D eigenvalue weighted by molar-refractivity contribution is 6.33. The lowest BCUT2D eigenvalue weighted by molar-refractivity contribution is -0.247. The molecule has 3 aromatic rings. The third-order valence-electron chi connectivity index (χ3n) is 7.18. The highest BCUT2D eigenvalue weighted by Crippen LogP contribution is 2.47. The Morgan fingerprint density at radius 1 is 1.16 bits per heavy atom. The van der Waals surface area contributed by atoms with Gasteiger partial charge < -0.3 is 9.88 Å². The average molecular weight is 449 g/mol. The lowest BCUT2D eigenvalue weighted by atomic mass is 9.99. The predicted molar refractivity (Wildman–Crippen MR) is 123 cm³/mol. The second-order valence-corrected chi connectivity index (χ2v) is 9.93. The fourth-order valence-corrected chi connectivity index (χ4v) is 5.41. The first-order valence-electron chi connectivity index (χ1n) is 11.3. The van der Waals surface area contributed by atoms with Gasteiger partial charge in [-0.1, -0.05) is 11.6 Å². The molecule has 32 heavy (non-hydrogen) atoms. The SMILES string of the molecule is CC1(ON2[C@H]3CC[C@H]2CC(n2ccc4c(Nc5ccc(C#N)cc5Cl)ncnc42)C3)CC1. The third kappa shape index (κ3) is 3.43. The molecule has 1 N–H and O–H groups in total. The van der Waals surface area contributed by atoms with Gasteiger partial charge in [0.1, 0.15) is 17.8 Å². The molecule has 0 unspecified atom stereocenters. The molecule has 3 fully saturated rings. The number of benzene rings is 1. The molecule has 4 heterocycles. The molecule has 2 bridgehead atoms. The molecule has 8 heteroatoms. The van der Waals surface area contributed by atoms with Gasteiger partial charge in [-0.05, 0) is 69.7 Å². The number of hydrogen-bond acceptors (Lipinski definition) is 6. The van der Waals surface area contributed by atoms with Crippen molar-refractivity contribution in [3.8, 4) is 6.07 Å². The van der Waals surface area contributed by atoms with Crippen LogP contribution in [0.4, 0.5) is 11.5 Å². The molecule has 1 saturated carbocycles. The van der Waals surface area contributed by atoms with Crippen LogP contribution in [0, 0.1) is 11.3 Å². The summed E-state index contributed by atoms with van der Waals surface area (Å²) in [5, 5.41) is 16.2. The molecule has 2 aliphatic heterocycles. The van der Waals surface area contributed by atoms with Gasteiger partial charge in [0.05, 0.1) is 33.3 Å².